The van der Waals surface area contributed by atoms with Crippen molar-refractivity contribution >= 4 is 23.3 Å². The van der Waals surface area contributed by atoms with Crippen molar-refractivity contribution in [3.8, 4) is 11.5 Å². The first-order valence-electron chi connectivity index (χ1n) is 15.4. The maximum atomic E-state index is 15.1. The van der Waals surface area contributed by atoms with Gasteiger partial charge in [0.2, 0.25) is 5.91 Å². The van der Waals surface area contributed by atoms with Gasteiger partial charge in [0.1, 0.15) is 17.3 Å². The molecule has 0 aliphatic carbocycles. The highest BCUT2D eigenvalue weighted by atomic mass is 19.1. The van der Waals surface area contributed by atoms with Gasteiger partial charge in [-0.05, 0) is 41.5 Å². The lowest BCUT2D eigenvalue weighted by molar-refractivity contribution is -0.120. The molecule has 9 heteroatoms. The molecule has 0 bridgehead atoms. The number of phenols is 1. The standard InChI is InChI=1S/C36H35FN4O4/c37-32-20-28(41-15-14-34(43)38-36(41)44)11-8-26(32)22-39-16-18-40(19-17-39)27-9-6-25(7-10-27)35-30-13-12-29(42)21-33(30)45-23-31(35)24-4-2-1-3-5-24/h1-13,20-21,31,35,42H,14-19,22-23H2,(H,38,43,44)/t31-,35-/m0/s1. The number of nitrogens with zero attached hydrogens (tertiary/aromatic N) is 3. The average molecular weight is 607 g/mol. The van der Waals surface area contributed by atoms with E-state index in [9.17, 15) is 14.7 Å². The second-order valence-corrected chi connectivity index (χ2v) is 11.9. The van der Waals surface area contributed by atoms with Crippen LogP contribution >= 0.6 is 0 Å². The number of rotatable bonds is 6. The van der Waals surface area contributed by atoms with Crippen LogP contribution in [0.3, 0.4) is 0 Å². The number of fused-ring (bicyclic) bond motifs is 1. The second-order valence-electron chi connectivity index (χ2n) is 11.9. The molecular formula is C36H35FN4O4. The summed E-state index contributed by atoms with van der Waals surface area (Å²) >= 11 is 0. The fraction of sp³-hybridized carbons (Fsp3) is 0.278. The number of hydrogen-bond donors (Lipinski definition) is 2. The summed E-state index contributed by atoms with van der Waals surface area (Å²) in [6.07, 6.45) is 0.200. The van der Waals surface area contributed by atoms with Gasteiger partial charge in [-0.25, -0.2) is 9.18 Å². The van der Waals surface area contributed by atoms with E-state index >= 15 is 4.39 Å². The molecule has 0 unspecified atom stereocenters. The van der Waals surface area contributed by atoms with E-state index in [1.165, 1.54) is 22.1 Å². The number of piperazine rings is 1. The van der Waals surface area contributed by atoms with Crippen molar-refractivity contribution < 1.29 is 23.8 Å². The van der Waals surface area contributed by atoms with Crippen molar-refractivity contribution in [3.05, 3.63) is 119 Å². The van der Waals surface area contributed by atoms with Gasteiger partial charge >= 0.3 is 6.03 Å². The molecule has 2 saturated heterocycles. The highest BCUT2D eigenvalue weighted by molar-refractivity contribution is 6.05. The molecule has 0 saturated carbocycles. The third-order valence-electron chi connectivity index (χ3n) is 9.17. The van der Waals surface area contributed by atoms with Gasteiger partial charge in [0, 0.05) is 86.1 Å². The van der Waals surface area contributed by atoms with Gasteiger partial charge in [0.05, 0.1) is 6.61 Å². The number of aromatic hydroxyl groups is 1. The number of halogens is 1. The van der Waals surface area contributed by atoms with Crippen LogP contribution in [0.4, 0.5) is 20.6 Å². The number of carbonyl (C=O) groups is 2. The number of ether oxygens (including phenoxy) is 1. The summed E-state index contributed by atoms with van der Waals surface area (Å²) in [5.74, 6) is 0.502. The number of carbonyl (C=O) groups excluding carboxylic acids is 2. The summed E-state index contributed by atoms with van der Waals surface area (Å²) in [5.41, 5.74) is 5.69. The number of phenolic OH excluding ortho intramolecular Hbond substituents is 1. The molecule has 2 N–H and O–H groups in total. The number of benzene rings is 4. The molecule has 2 atom stereocenters. The van der Waals surface area contributed by atoms with Crippen LogP contribution in [0.2, 0.25) is 0 Å². The number of urea groups is 1. The van der Waals surface area contributed by atoms with E-state index in [2.05, 4.69) is 63.6 Å². The third kappa shape index (κ3) is 5.95. The zero-order valence-corrected chi connectivity index (χ0v) is 24.9. The van der Waals surface area contributed by atoms with E-state index in [4.69, 9.17) is 4.74 Å². The van der Waals surface area contributed by atoms with Crippen LogP contribution in [-0.2, 0) is 11.3 Å². The molecule has 3 aliphatic heterocycles. The first-order chi connectivity index (χ1) is 21.9. The van der Waals surface area contributed by atoms with Crippen molar-refractivity contribution in [2.45, 2.75) is 24.8 Å². The van der Waals surface area contributed by atoms with Crippen LogP contribution in [0.5, 0.6) is 11.5 Å². The first-order valence-corrected chi connectivity index (χ1v) is 15.4. The maximum absolute atomic E-state index is 15.1. The molecule has 4 aromatic rings. The summed E-state index contributed by atoms with van der Waals surface area (Å²) in [4.78, 5) is 29.6. The predicted octanol–water partition coefficient (Wildman–Crippen LogP) is 5.61. The van der Waals surface area contributed by atoms with Crippen LogP contribution in [-0.4, -0.2) is 61.3 Å². The molecule has 230 valence electrons. The average Bonchev–Trinajstić information content (AvgIpc) is 3.06. The smallest absolute Gasteiger partial charge is 0.328 e. The van der Waals surface area contributed by atoms with Crippen molar-refractivity contribution in [1.82, 2.24) is 10.2 Å². The van der Waals surface area contributed by atoms with E-state index in [0.717, 1.165) is 43.2 Å². The summed E-state index contributed by atoms with van der Waals surface area (Å²) in [6, 6.07) is 29.0. The van der Waals surface area contributed by atoms with Gasteiger partial charge in [-0.15, -0.1) is 0 Å². The Labute approximate surface area is 261 Å². The van der Waals surface area contributed by atoms with E-state index in [1.807, 2.05) is 12.1 Å². The topological polar surface area (TPSA) is 85.4 Å². The lowest BCUT2D eigenvalue weighted by Gasteiger charge is -2.37. The zero-order valence-electron chi connectivity index (χ0n) is 24.9. The number of imide groups is 1. The molecule has 3 aliphatic rings. The molecule has 3 heterocycles. The number of hydrogen-bond acceptors (Lipinski definition) is 6. The Morgan fingerprint density at radius 2 is 1.58 bits per heavy atom. The van der Waals surface area contributed by atoms with Gasteiger partial charge in [0.25, 0.3) is 0 Å². The SMILES string of the molecule is O=C1CCN(c2ccc(CN3CCN(c4ccc([C@H]5c6ccc(O)cc6OC[C@H]5c5ccccc5)cc4)CC3)c(F)c2)C(=O)N1. The molecule has 4 aromatic carbocycles. The number of anilines is 2. The number of nitrogens with one attached hydrogen (secondary N) is 1. The quantitative estimate of drug-likeness (QED) is 0.297. The molecule has 0 radical (unpaired) electrons. The lowest BCUT2D eigenvalue weighted by Crippen LogP contribution is -2.49. The molecule has 0 spiro atoms. The molecule has 7 rings (SSSR count). The van der Waals surface area contributed by atoms with Crippen LogP contribution in [0, 0.1) is 5.82 Å². The molecule has 0 aromatic heterocycles. The fourth-order valence-corrected chi connectivity index (χ4v) is 6.74. The predicted molar refractivity (Wildman–Crippen MR) is 170 cm³/mol. The van der Waals surface area contributed by atoms with Crippen molar-refractivity contribution in [2.75, 3.05) is 49.1 Å². The van der Waals surface area contributed by atoms with Crippen LogP contribution < -0.4 is 19.9 Å². The summed E-state index contributed by atoms with van der Waals surface area (Å²) in [5, 5.41) is 12.3. The normalized spacial score (nSPS) is 20.4. The molecule has 2 fully saturated rings. The minimum Gasteiger partial charge on any atom is -0.508 e. The second kappa shape index (κ2) is 12.2. The van der Waals surface area contributed by atoms with E-state index in [-0.39, 0.29) is 42.3 Å². The van der Waals surface area contributed by atoms with E-state index < -0.39 is 6.03 Å². The van der Waals surface area contributed by atoms with Gasteiger partial charge in [-0.3, -0.25) is 19.9 Å². The molecule has 8 nitrogen and oxygen atoms in total. The maximum Gasteiger partial charge on any atom is 0.328 e. The summed E-state index contributed by atoms with van der Waals surface area (Å²) < 4.78 is 21.2. The summed E-state index contributed by atoms with van der Waals surface area (Å²) in [7, 11) is 0. The largest absolute Gasteiger partial charge is 0.508 e. The highest BCUT2D eigenvalue weighted by Gasteiger charge is 2.34. The third-order valence-corrected chi connectivity index (χ3v) is 9.17. The van der Waals surface area contributed by atoms with Crippen LogP contribution in [0.1, 0.15) is 40.5 Å². The Hall–Kier alpha value is -4.89. The van der Waals surface area contributed by atoms with E-state index in [1.54, 1.807) is 24.3 Å². The monoisotopic (exact) mass is 606 g/mol. The fourth-order valence-electron chi connectivity index (χ4n) is 6.74. The minimum absolute atomic E-state index is 0.0933. The van der Waals surface area contributed by atoms with Crippen LogP contribution in [0.15, 0.2) is 91.0 Å². The number of amides is 3. The molecule has 45 heavy (non-hydrogen) atoms. The van der Waals surface area contributed by atoms with Gasteiger partial charge in [0.15, 0.2) is 0 Å². The molecule has 3 amide bonds. The minimum atomic E-state index is -0.517. The Morgan fingerprint density at radius 3 is 2.31 bits per heavy atom. The summed E-state index contributed by atoms with van der Waals surface area (Å²) in [6.45, 7) is 4.52. The van der Waals surface area contributed by atoms with E-state index in [0.29, 0.717) is 24.4 Å². The van der Waals surface area contributed by atoms with Crippen molar-refractivity contribution in [3.63, 3.8) is 0 Å². The van der Waals surface area contributed by atoms with Gasteiger partial charge in [-0.2, -0.15) is 0 Å². The Morgan fingerprint density at radius 1 is 0.822 bits per heavy atom. The lowest BCUT2D eigenvalue weighted by atomic mass is 9.76. The Balaban J connectivity index is 1.01. The van der Waals surface area contributed by atoms with Crippen LogP contribution in [0.25, 0.3) is 0 Å². The van der Waals surface area contributed by atoms with Crippen molar-refractivity contribution in [2.24, 2.45) is 0 Å². The first kappa shape index (κ1) is 28.9. The molecular weight excluding hydrogens is 571 g/mol. The van der Waals surface area contributed by atoms with Gasteiger partial charge < -0.3 is 14.7 Å². The Kier molecular flexibility index (Phi) is 7.85. The highest BCUT2D eigenvalue weighted by Crippen LogP contribution is 2.47. The zero-order chi connectivity index (χ0) is 30.9. The Bertz CT molecular complexity index is 1710. The van der Waals surface area contributed by atoms with Gasteiger partial charge in [-0.1, -0.05) is 54.6 Å². The van der Waals surface area contributed by atoms with Crippen molar-refractivity contribution in [1.29, 1.82) is 0 Å².